The molecule has 2 aromatic heterocycles. The molecule has 0 fully saturated rings. The minimum absolute atomic E-state index is 1.06. The van der Waals surface area contributed by atoms with E-state index >= 15 is 0 Å². The molecular weight excluding hydrogens is 232 g/mol. The Kier molecular flexibility index (Phi) is 2.54. The highest BCUT2D eigenvalue weighted by molar-refractivity contribution is 7.19. The molecule has 0 aliphatic heterocycles. The average molecular weight is 244 g/mol. The molecule has 80 valence electrons. The number of hydrogen-bond donors (Lipinski definition) is 0. The van der Waals surface area contributed by atoms with Crippen LogP contribution in [0.25, 0.3) is 10.1 Å². The van der Waals surface area contributed by atoms with Crippen molar-refractivity contribution in [2.45, 2.75) is 13.3 Å². The van der Waals surface area contributed by atoms with Gasteiger partial charge in [0.25, 0.3) is 0 Å². The summed E-state index contributed by atoms with van der Waals surface area (Å²) < 4.78 is 1.41. The van der Waals surface area contributed by atoms with E-state index in [1.165, 1.54) is 25.4 Å². The number of rotatable bonds is 2. The van der Waals surface area contributed by atoms with Crippen LogP contribution in [0.3, 0.4) is 0 Å². The van der Waals surface area contributed by atoms with Gasteiger partial charge in [0.05, 0.1) is 0 Å². The second-order valence-corrected chi connectivity index (χ2v) is 6.31. The van der Waals surface area contributed by atoms with Crippen molar-refractivity contribution >= 4 is 32.8 Å². The predicted octanol–water partition coefficient (Wildman–Crippen LogP) is 4.86. The fourth-order valence-electron chi connectivity index (χ4n) is 1.93. The van der Waals surface area contributed by atoms with Crippen LogP contribution in [0.2, 0.25) is 0 Å². The normalized spacial score (nSPS) is 11.1. The molecule has 0 N–H and O–H groups in total. The topological polar surface area (TPSA) is 0 Å². The van der Waals surface area contributed by atoms with Crippen LogP contribution >= 0.6 is 22.7 Å². The summed E-state index contributed by atoms with van der Waals surface area (Å²) >= 11 is 3.71. The Labute approximate surface area is 103 Å². The standard InChI is InChI=1S/C14H12S2/c1-10-7-12-5-4-11(9-14(12)16-10)8-13-3-2-6-15-13/h2-7,9H,8H2,1H3. The van der Waals surface area contributed by atoms with Crippen LogP contribution in [0, 0.1) is 6.92 Å². The summed E-state index contributed by atoms with van der Waals surface area (Å²) in [6.45, 7) is 2.17. The molecule has 0 nitrogen and oxygen atoms in total. The van der Waals surface area contributed by atoms with Gasteiger partial charge in [-0.2, -0.15) is 0 Å². The van der Waals surface area contributed by atoms with E-state index in [0.29, 0.717) is 0 Å². The van der Waals surface area contributed by atoms with Crippen molar-refractivity contribution in [1.29, 1.82) is 0 Å². The zero-order valence-corrected chi connectivity index (χ0v) is 10.7. The van der Waals surface area contributed by atoms with Crippen molar-refractivity contribution in [2.75, 3.05) is 0 Å². The van der Waals surface area contributed by atoms with Crippen LogP contribution in [-0.4, -0.2) is 0 Å². The maximum Gasteiger partial charge on any atom is 0.0348 e. The first-order valence-corrected chi connectivity index (χ1v) is 7.02. The maximum absolute atomic E-state index is 2.33. The molecule has 0 saturated carbocycles. The zero-order chi connectivity index (χ0) is 11.0. The maximum atomic E-state index is 2.33. The van der Waals surface area contributed by atoms with Crippen molar-refractivity contribution < 1.29 is 0 Å². The number of thiophene rings is 2. The second kappa shape index (κ2) is 4.04. The van der Waals surface area contributed by atoms with Gasteiger partial charge in [-0.1, -0.05) is 18.2 Å². The van der Waals surface area contributed by atoms with Crippen molar-refractivity contribution in [2.24, 2.45) is 0 Å². The first kappa shape index (κ1) is 10.1. The Balaban J connectivity index is 1.98. The molecule has 3 aromatic rings. The van der Waals surface area contributed by atoms with Gasteiger partial charge >= 0.3 is 0 Å². The van der Waals surface area contributed by atoms with Crippen LogP contribution in [0.4, 0.5) is 0 Å². The molecule has 1 aromatic carbocycles. The molecule has 0 saturated heterocycles. The molecule has 16 heavy (non-hydrogen) atoms. The Morgan fingerprint density at radius 2 is 2.06 bits per heavy atom. The van der Waals surface area contributed by atoms with Gasteiger partial charge in [-0.15, -0.1) is 22.7 Å². The summed E-state index contributed by atoms with van der Waals surface area (Å²) in [7, 11) is 0. The Bertz CT molecular complexity index is 603. The molecule has 3 rings (SSSR count). The van der Waals surface area contributed by atoms with E-state index in [1.54, 1.807) is 0 Å². The molecule has 0 atom stereocenters. The van der Waals surface area contributed by atoms with Crippen LogP contribution in [0.15, 0.2) is 41.8 Å². The van der Waals surface area contributed by atoms with E-state index in [2.05, 4.69) is 48.7 Å². The third-order valence-electron chi connectivity index (χ3n) is 2.67. The Morgan fingerprint density at radius 3 is 2.88 bits per heavy atom. The van der Waals surface area contributed by atoms with Gasteiger partial charge in [-0.05, 0) is 41.5 Å². The fourth-order valence-corrected chi connectivity index (χ4v) is 3.66. The SMILES string of the molecule is Cc1cc2ccc(Cc3cccs3)cc2s1. The second-order valence-electron chi connectivity index (χ2n) is 3.99. The Hall–Kier alpha value is -1.12. The summed E-state index contributed by atoms with van der Waals surface area (Å²) in [6.07, 6.45) is 1.06. The van der Waals surface area contributed by atoms with Crippen molar-refractivity contribution in [3.8, 4) is 0 Å². The van der Waals surface area contributed by atoms with Gasteiger partial charge < -0.3 is 0 Å². The molecule has 0 bridgehead atoms. The summed E-state index contributed by atoms with van der Waals surface area (Å²) in [5, 5.41) is 3.51. The first-order valence-electron chi connectivity index (χ1n) is 5.33. The lowest BCUT2D eigenvalue weighted by Crippen LogP contribution is -1.82. The Morgan fingerprint density at radius 1 is 1.12 bits per heavy atom. The summed E-state index contributed by atoms with van der Waals surface area (Å²) in [4.78, 5) is 2.83. The number of benzene rings is 1. The van der Waals surface area contributed by atoms with E-state index in [0.717, 1.165) is 6.42 Å². The van der Waals surface area contributed by atoms with E-state index in [4.69, 9.17) is 0 Å². The zero-order valence-electron chi connectivity index (χ0n) is 9.07. The number of fused-ring (bicyclic) bond motifs is 1. The van der Waals surface area contributed by atoms with E-state index in [-0.39, 0.29) is 0 Å². The molecule has 0 amide bonds. The van der Waals surface area contributed by atoms with E-state index in [9.17, 15) is 0 Å². The van der Waals surface area contributed by atoms with Crippen LogP contribution in [-0.2, 0) is 6.42 Å². The minimum atomic E-state index is 1.06. The lowest BCUT2D eigenvalue weighted by molar-refractivity contribution is 1.25. The van der Waals surface area contributed by atoms with Crippen LogP contribution < -0.4 is 0 Å². The highest BCUT2D eigenvalue weighted by Crippen LogP contribution is 2.27. The molecule has 0 spiro atoms. The van der Waals surface area contributed by atoms with Gasteiger partial charge in [0.2, 0.25) is 0 Å². The van der Waals surface area contributed by atoms with Crippen molar-refractivity contribution in [3.63, 3.8) is 0 Å². The number of aryl methyl sites for hydroxylation is 1. The smallest absolute Gasteiger partial charge is 0.0348 e. The first-order chi connectivity index (χ1) is 7.81. The fraction of sp³-hybridized carbons (Fsp3) is 0.143. The predicted molar refractivity (Wildman–Crippen MR) is 73.7 cm³/mol. The van der Waals surface area contributed by atoms with Gasteiger partial charge in [0.1, 0.15) is 0 Å². The van der Waals surface area contributed by atoms with Gasteiger partial charge in [-0.3, -0.25) is 0 Å². The number of hydrogen-bond acceptors (Lipinski definition) is 2. The molecular formula is C14H12S2. The third kappa shape index (κ3) is 1.91. The van der Waals surface area contributed by atoms with Gasteiger partial charge in [0, 0.05) is 20.9 Å². The highest BCUT2D eigenvalue weighted by Gasteiger charge is 2.01. The van der Waals surface area contributed by atoms with Crippen LogP contribution in [0.1, 0.15) is 15.3 Å². The van der Waals surface area contributed by atoms with E-state index in [1.807, 2.05) is 22.7 Å². The molecule has 0 unspecified atom stereocenters. The quantitative estimate of drug-likeness (QED) is 0.604. The lowest BCUT2D eigenvalue weighted by Gasteiger charge is -1.98. The van der Waals surface area contributed by atoms with Gasteiger partial charge in [-0.25, -0.2) is 0 Å². The van der Waals surface area contributed by atoms with Crippen molar-refractivity contribution in [3.05, 3.63) is 57.1 Å². The summed E-state index contributed by atoms with van der Waals surface area (Å²) in [6, 6.07) is 13.4. The van der Waals surface area contributed by atoms with Crippen LogP contribution in [0.5, 0.6) is 0 Å². The molecule has 2 heteroatoms. The van der Waals surface area contributed by atoms with E-state index < -0.39 is 0 Å². The van der Waals surface area contributed by atoms with Gasteiger partial charge in [0.15, 0.2) is 0 Å². The summed E-state index contributed by atoms with van der Waals surface area (Å²) in [5.41, 5.74) is 1.41. The molecule has 0 aliphatic carbocycles. The minimum Gasteiger partial charge on any atom is -0.149 e. The highest BCUT2D eigenvalue weighted by atomic mass is 32.1. The average Bonchev–Trinajstić information content (AvgIpc) is 2.85. The monoisotopic (exact) mass is 244 g/mol. The third-order valence-corrected chi connectivity index (χ3v) is 4.56. The largest absolute Gasteiger partial charge is 0.149 e. The molecule has 0 radical (unpaired) electrons. The van der Waals surface area contributed by atoms with Crippen molar-refractivity contribution in [1.82, 2.24) is 0 Å². The molecule has 0 aliphatic rings. The molecule has 2 heterocycles. The lowest BCUT2D eigenvalue weighted by atomic mass is 10.1. The summed E-state index contributed by atoms with van der Waals surface area (Å²) in [5.74, 6) is 0.